The Labute approximate surface area is 228 Å². The molecule has 1 unspecified atom stereocenters. The molecule has 0 fully saturated rings. The van der Waals surface area contributed by atoms with Crippen LogP contribution in [-0.4, -0.2) is 16.7 Å². The van der Waals surface area contributed by atoms with Gasteiger partial charge < -0.3 is 4.90 Å². The van der Waals surface area contributed by atoms with E-state index in [1.807, 2.05) is 12.4 Å². The molecule has 39 heavy (non-hydrogen) atoms. The van der Waals surface area contributed by atoms with Crippen molar-refractivity contribution >= 4 is 40.2 Å². The van der Waals surface area contributed by atoms with Crippen LogP contribution in [0.5, 0.6) is 0 Å². The number of anilines is 3. The SMILES string of the molecule is c1ccc(B2c3ccccc3C3(c4cnccc42)c2ccccc2N(c2ccccc2)c2ccncc23)cc1. The second kappa shape index (κ2) is 8.54. The molecule has 4 heteroatoms. The van der Waals surface area contributed by atoms with Crippen LogP contribution in [0.1, 0.15) is 22.3 Å². The van der Waals surface area contributed by atoms with Crippen molar-refractivity contribution in [2.75, 3.05) is 4.90 Å². The van der Waals surface area contributed by atoms with Crippen LogP contribution in [-0.2, 0) is 5.41 Å². The summed E-state index contributed by atoms with van der Waals surface area (Å²) in [6, 6.07) is 43.6. The molecule has 0 bridgehead atoms. The zero-order chi connectivity index (χ0) is 25.8. The summed E-state index contributed by atoms with van der Waals surface area (Å²) in [4.78, 5) is 11.8. The van der Waals surface area contributed by atoms with E-state index < -0.39 is 5.41 Å². The smallest absolute Gasteiger partial charge is 0.242 e. The highest BCUT2D eigenvalue weighted by Crippen LogP contribution is 2.57. The van der Waals surface area contributed by atoms with E-state index in [9.17, 15) is 0 Å². The Morgan fingerprint density at radius 2 is 1.08 bits per heavy atom. The van der Waals surface area contributed by atoms with Crippen molar-refractivity contribution in [2.45, 2.75) is 5.41 Å². The molecule has 2 aromatic heterocycles. The summed E-state index contributed by atoms with van der Waals surface area (Å²) in [5.74, 6) is 0. The van der Waals surface area contributed by atoms with E-state index in [2.05, 4.69) is 139 Å². The molecule has 0 N–H and O–H groups in total. The van der Waals surface area contributed by atoms with Gasteiger partial charge in [-0.1, -0.05) is 107 Å². The molecular weight excluding hydrogens is 473 g/mol. The van der Waals surface area contributed by atoms with Gasteiger partial charge >= 0.3 is 0 Å². The standard InChI is InChI=1S/C35H24BN3/c1-3-11-25(12-4-1)36-31-17-9-7-15-27(31)35(29-23-37-21-19-32(29)36)28-16-8-10-18-33(28)39(26-13-5-2-6-14-26)34-20-22-38-24-30(34)35/h1-24H. The molecular formula is C35H24BN3. The average Bonchev–Trinajstić information content (AvgIpc) is 3.02. The molecule has 0 radical (unpaired) electrons. The highest BCUT2D eigenvalue weighted by atomic mass is 15.2. The van der Waals surface area contributed by atoms with Crippen LogP contribution in [0, 0.1) is 0 Å². The van der Waals surface area contributed by atoms with Gasteiger partial charge in [-0.25, -0.2) is 0 Å². The molecule has 6 aromatic rings. The largest absolute Gasteiger partial charge is 0.310 e. The third kappa shape index (κ3) is 3.00. The third-order valence-electron chi connectivity index (χ3n) is 8.38. The summed E-state index contributed by atoms with van der Waals surface area (Å²) < 4.78 is 0. The summed E-state index contributed by atoms with van der Waals surface area (Å²) in [7, 11) is 0. The lowest BCUT2D eigenvalue weighted by Crippen LogP contribution is -2.62. The monoisotopic (exact) mass is 497 g/mol. The third-order valence-corrected chi connectivity index (χ3v) is 8.38. The van der Waals surface area contributed by atoms with Gasteiger partial charge in [0.2, 0.25) is 6.71 Å². The second-order valence-electron chi connectivity index (χ2n) is 10.2. The van der Waals surface area contributed by atoms with E-state index in [-0.39, 0.29) is 6.71 Å². The summed E-state index contributed by atoms with van der Waals surface area (Å²) >= 11 is 0. The summed E-state index contributed by atoms with van der Waals surface area (Å²) in [6.45, 7) is 0.116. The van der Waals surface area contributed by atoms with Crippen LogP contribution >= 0.6 is 0 Å². The quantitative estimate of drug-likeness (QED) is 0.297. The molecule has 1 atom stereocenters. The van der Waals surface area contributed by atoms with Crippen molar-refractivity contribution in [3.63, 3.8) is 0 Å². The highest BCUT2D eigenvalue weighted by molar-refractivity contribution is 6.96. The maximum atomic E-state index is 4.74. The number of benzene rings is 4. The van der Waals surface area contributed by atoms with Crippen LogP contribution < -0.4 is 21.3 Å². The first kappa shape index (κ1) is 22.1. The van der Waals surface area contributed by atoms with Crippen LogP contribution in [0.3, 0.4) is 0 Å². The van der Waals surface area contributed by atoms with Crippen molar-refractivity contribution in [3.8, 4) is 0 Å². The Hall–Kier alpha value is -4.96. The van der Waals surface area contributed by atoms with Gasteiger partial charge in [-0.2, -0.15) is 0 Å². The number of aromatic nitrogens is 2. The van der Waals surface area contributed by atoms with Gasteiger partial charge in [0.25, 0.3) is 0 Å². The molecule has 1 spiro atoms. The predicted molar refractivity (Wildman–Crippen MR) is 160 cm³/mol. The minimum Gasteiger partial charge on any atom is -0.310 e. The van der Waals surface area contributed by atoms with Gasteiger partial charge in [-0.05, 0) is 47.0 Å². The minimum absolute atomic E-state index is 0.116. The van der Waals surface area contributed by atoms with E-state index in [0.717, 1.165) is 11.4 Å². The molecule has 4 aromatic carbocycles. The molecule has 2 aliphatic heterocycles. The van der Waals surface area contributed by atoms with E-state index in [4.69, 9.17) is 9.97 Å². The normalized spacial score (nSPS) is 16.7. The van der Waals surface area contributed by atoms with E-state index in [0.29, 0.717) is 0 Å². The van der Waals surface area contributed by atoms with Crippen LogP contribution in [0.4, 0.5) is 17.1 Å². The van der Waals surface area contributed by atoms with Gasteiger partial charge in [0.15, 0.2) is 0 Å². The molecule has 2 aliphatic rings. The fraction of sp³-hybridized carbons (Fsp3) is 0.0286. The number of rotatable bonds is 2. The predicted octanol–water partition coefficient (Wildman–Crippen LogP) is 5.47. The fourth-order valence-electron chi connectivity index (χ4n) is 6.94. The first-order valence-electron chi connectivity index (χ1n) is 13.4. The topological polar surface area (TPSA) is 29.0 Å². The molecule has 182 valence electrons. The summed E-state index contributed by atoms with van der Waals surface area (Å²) in [5.41, 5.74) is 11.7. The van der Waals surface area contributed by atoms with Crippen molar-refractivity contribution < 1.29 is 0 Å². The average molecular weight is 497 g/mol. The Morgan fingerprint density at radius 3 is 1.90 bits per heavy atom. The second-order valence-corrected chi connectivity index (χ2v) is 10.2. The Bertz CT molecular complexity index is 1600. The minimum atomic E-state index is -0.559. The lowest BCUT2D eigenvalue weighted by atomic mass is 9.30. The maximum absolute atomic E-state index is 4.74. The molecule has 0 aliphatic carbocycles. The van der Waals surface area contributed by atoms with Gasteiger partial charge in [-0.3, -0.25) is 9.97 Å². The molecule has 0 amide bonds. The Morgan fingerprint density at radius 1 is 0.487 bits per heavy atom. The summed E-state index contributed by atoms with van der Waals surface area (Å²) in [5, 5.41) is 0. The Balaban J connectivity index is 1.53. The first-order valence-corrected chi connectivity index (χ1v) is 13.4. The first-order chi connectivity index (χ1) is 19.4. The van der Waals surface area contributed by atoms with Crippen LogP contribution in [0.15, 0.2) is 146 Å². The lowest BCUT2D eigenvalue weighted by molar-refractivity contribution is 0.727. The zero-order valence-electron chi connectivity index (χ0n) is 21.3. The summed E-state index contributed by atoms with van der Waals surface area (Å²) in [6.07, 6.45) is 8.00. The van der Waals surface area contributed by atoms with E-state index >= 15 is 0 Å². The molecule has 8 rings (SSSR count). The van der Waals surface area contributed by atoms with Gasteiger partial charge in [0.1, 0.15) is 0 Å². The van der Waals surface area contributed by atoms with E-state index in [1.165, 1.54) is 44.3 Å². The number of pyridine rings is 2. The number of hydrogen-bond acceptors (Lipinski definition) is 3. The fourth-order valence-corrected chi connectivity index (χ4v) is 6.94. The Kier molecular flexibility index (Phi) is 4.83. The number of para-hydroxylation sites is 2. The van der Waals surface area contributed by atoms with Gasteiger partial charge in [0, 0.05) is 36.0 Å². The number of nitrogens with zero attached hydrogens (tertiary/aromatic N) is 3. The van der Waals surface area contributed by atoms with Crippen molar-refractivity contribution in [2.24, 2.45) is 0 Å². The van der Waals surface area contributed by atoms with Crippen LogP contribution in [0.25, 0.3) is 0 Å². The van der Waals surface area contributed by atoms with E-state index in [1.54, 1.807) is 0 Å². The van der Waals surface area contributed by atoms with Crippen molar-refractivity contribution in [3.05, 3.63) is 168 Å². The molecule has 0 saturated carbocycles. The maximum Gasteiger partial charge on any atom is 0.242 e. The molecule has 4 heterocycles. The van der Waals surface area contributed by atoms with Crippen LogP contribution in [0.2, 0.25) is 0 Å². The van der Waals surface area contributed by atoms with Gasteiger partial charge in [-0.15, -0.1) is 0 Å². The van der Waals surface area contributed by atoms with Crippen molar-refractivity contribution in [1.29, 1.82) is 0 Å². The lowest BCUT2D eigenvalue weighted by Gasteiger charge is -2.49. The number of hydrogen-bond donors (Lipinski definition) is 0. The van der Waals surface area contributed by atoms with Gasteiger partial charge in [0.05, 0.1) is 16.8 Å². The highest BCUT2D eigenvalue weighted by Gasteiger charge is 2.52. The molecule has 0 saturated heterocycles. The zero-order valence-corrected chi connectivity index (χ0v) is 21.3. The molecule has 3 nitrogen and oxygen atoms in total. The number of fused-ring (bicyclic) bond motifs is 8. The van der Waals surface area contributed by atoms with Crippen molar-refractivity contribution in [1.82, 2.24) is 9.97 Å².